The van der Waals surface area contributed by atoms with Crippen LogP contribution in [0, 0.1) is 5.92 Å². The standard InChI is InChI=1S/C14H21ClN2/c1-12-2-6-14(11-15,7-3-12)17-10-13-4-8-16-9-5-13/h4-5,8-9,12,17H,2-3,6-7,10-11H2,1H3. The smallest absolute Gasteiger partial charge is 0.0406 e. The van der Waals surface area contributed by atoms with Crippen molar-refractivity contribution in [2.75, 3.05) is 5.88 Å². The molecule has 2 nitrogen and oxygen atoms in total. The molecular weight excluding hydrogens is 232 g/mol. The van der Waals surface area contributed by atoms with Gasteiger partial charge in [-0.1, -0.05) is 6.92 Å². The predicted molar refractivity (Wildman–Crippen MR) is 72.2 cm³/mol. The average Bonchev–Trinajstić information content (AvgIpc) is 2.40. The Bertz CT molecular complexity index is 331. The Morgan fingerprint density at radius 1 is 1.35 bits per heavy atom. The molecule has 94 valence electrons. The van der Waals surface area contributed by atoms with Crippen LogP contribution in [0.2, 0.25) is 0 Å². The zero-order chi connectivity index (χ0) is 12.1. The molecule has 0 aliphatic heterocycles. The van der Waals surface area contributed by atoms with Crippen LogP contribution < -0.4 is 5.32 Å². The van der Waals surface area contributed by atoms with Gasteiger partial charge < -0.3 is 5.32 Å². The maximum atomic E-state index is 6.18. The normalized spacial score (nSPS) is 29.2. The summed E-state index contributed by atoms with van der Waals surface area (Å²) in [5, 5.41) is 3.66. The first kappa shape index (κ1) is 12.8. The molecule has 0 saturated heterocycles. The van der Waals surface area contributed by atoms with Crippen LogP contribution in [0.3, 0.4) is 0 Å². The fourth-order valence-corrected chi connectivity index (χ4v) is 2.82. The lowest BCUT2D eigenvalue weighted by molar-refractivity contribution is 0.216. The van der Waals surface area contributed by atoms with Gasteiger partial charge in [0.25, 0.3) is 0 Å². The van der Waals surface area contributed by atoms with Gasteiger partial charge in [-0.25, -0.2) is 0 Å². The van der Waals surface area contributed by atoms with Crippen LogP contribution in [0.15, 0.2) is 24.5 Å². The van der Waals surface area contributed by atoms with Crippen molar-refractivity contribution >= 4 is 11.6 Å². The van der Waals surface area contributed by atoms with E-state index in [4.69, 9.17) is 11.6 Å². The zero-order valence-electron chi connectivity index (χ0n) is 10.5. The second-order valence-corrected chi connectivity index (χ2v) is 5.57. The molecule has 1 aliphatic rings. The Labute approximate surface area is 109 Å². The molecule has 3 heteroatoms. The molecule has 1 heterocycles. The third-order valence-electron chi connectivity index (χ3n) is 3.90. The summed E-state index contributed by atoms with van der Waals surface area (Å²) in [4.78, 5) is 4.03. The van der Waals surface area contributed by atoms with Crippen molar-refractivity contribution in [3.05, 3.63) is 30.1 Å². The van der Waals surface area contributed by atoms with Crippen molar-refractivity contribution in [1.82, 2.24) is 10.3 Å². The fourth-order valence-electron chi connectivity index (χ4n) is 2.46. The van der Waals surface area contributed by atoms with Crippen LogP contribution in [-0.2, 0) is 6.54 Å². The van der Waals surface area contributed by atoms with Gasteiger partial charge in [0.2, 0.25) is 0 Å². The second-order valence-electron chi connectivity index (χ2n) is 5.31. The molecule has 1 aromatic rings. The third kappa shape index (κ3) is 3.43. The fraction of sp³-hybridized carbons (Fsp3) is 0.643. The van der Waals surface area contributed by atoms with E-state index in [1.54, 1.807) is 0 Å². The van der Waals surface area contributed by atoms with Crippen molar-refractivity contribution in [2.24, 2.45) is 5.92 Å². The van der Waals surface area contributed by atoms with Gasteiger partial charge in [-0.15, -0.1) is 11.6 Å². The molecule has 0 radical (unpaired) electrons. The number of aromatic nitrogens is 1. The summed E-state index contributed by atoms with van der Waals surface area (Å²) in [6.45, 7) is 3.23. The number of hydrogen-bond donors (Lipinski definition) is 1. The van der Waals surface area contributed by atoms with E-state index >= 15 is 0 Å². The molecule has 0 unspecified atom stereocenters. The molecular formula is C14H21ClN2. The molecule has 1 aromatic heterocycles. The third-order valence-corrected chi connectivity index (χ3v) is 4.42. The highest BCUT2D eigenvalue weighted by atomic mass is 35.5. The predicted octanol–water partition coefficient (Wildman–Crippen LogP) is 3.36. The van der Waals surface area contributed by atoms with Gasteiger partial charge in [-0.3, -0.25) is 4.98 Å². The summed E-state index contributed by atoms with van der Waals surface area (Å²) in [5.74, 6) is 1.57. The number of rotatable bonds is 4. The summed E-state index contributed by atoms with van der Waals surface area (Å²) in [6, 6.07) is 4.11. The molecule has 0 spiro atoms. The number of pyridine rings is 1. The van der Waals surface area contributed by atoms with E-state index in [9.17, 15) is 0 Å². The number of halogens is 1. The lowest BCUT2D eigenvalue weighted by Crippen LogP contribution is -2.49. The maximum absolute atomic E-state index is 6.18. The summed E-state index contributed by atoms with van der Waals surface area (Å²) < 4.78 is 0. The highest BCUT2D eigenvalue weighted by Crippen LogP contribution is 2.32. The molecule has 0 atom stereocenters. The average molecular weight is 253 g/mol. The molecule has 1 saturated carbocycles. The van der Waals surface area contributed by atoms with Crippen molar-refractivity contribution in [1.29, 1.82) is 0 Å². The quantitative estimate of drug-likeness (QED) is 0.832. The first-order chi connectivity index (χ1) is 8.24. The Morgan fingerprint density at radius 3 is 2.59 bits per heavy atom. The molecule has 1 N–H and O–H groups in total. The van der Waals surface area contributed by atoms with Gasteiger partial charge in [0.15, 0.2) is 0 Å². The van der Waals surface area contributed by atoms with Crippen molar-refractivity contribution in [2.45, 2.75) is 44.7 Å². The van der Waals surface area contributed by atoms with Crippen molar-refractivity contribution in [3.63, 3.8) is 0 Å². The van der Waals surface area contributed by atoms with E-state index in [-0.39, 0.29) is 5.54 Å². The Kier molecular flexibility index (Phi) is 4.41. The summed E-state index contributed by atoms with van der Waals surface area (Å²) in [5.41, 5.74) is 1.43. The van der Waals surface area contributed by atoms with Crippen LogP contribution in [0.25, 0.3) is 0 Å². The van der Waals surface area contributed by atoms with E-state index in [1.807, 2.05) is 12.4 Å². The largest absolute Gasteiger partial charge is 0.306 e. The van der Waals surface area contributed by atoms with Crippen LogP contribution >= 0.6 is 11.6 Å². The van der Waals surface area contributed by atoms with Gasteiger partial charge in [-0.05, 0) is 49.3 Å². The minimum absolute atomic E-state index is 0.150. The Balaban J connectivity index is 1.91. The molecule has 2 rings (SSSR count). The highest BCUT2D eigenvalue weighted by Gasteiger charge is 2.32. The minimum Gasteiger partial charge on any atom is -0.306 e. The summed E-state index contributed by atoms with van der Waals surface area (Å²) in [6.07, 6.45) is 8.65. The lowest BCUT2D eigenvalue weighted by atomic mass is 9.78. The monoisotopic (exact) mass is 252 g/mol. The van der Waals surface area contributed by atoms with E-state index in [1.165, 1.54) is 31.2 Å². The molecule has 0 amide bonds. The van der Waals surface area contributed by atoms with E-state index < -0.39 is 0 Å². The van der Waals surface area contributed by atoms with Crippen LogP contribution in [-0.4, -0.2) is 16.4 Å². The highest BCUT2D eigenvalue weighted by molar-refractivity contribution is 6.18. The first-order valence-electron chi connectivity index (χ1n) is 6.44. The molecule has 1 fully saturated rings. The minimum atomic E-state index is 0.150. The number of hydrogen-bond acceptors (Lipinski definition) is 2. The molecule has 0 aromatic carbocycles. The van der Waals surface area contributed by atoms with Gasteiger partial charge in [0.05, 0.1) is 0 Å². The summed E-state index contributed by atoms with van der Waals surface area (Å²) >= 11 is 6.18. The zero-order valence-corrected chi connectivity index (χ0v) is 11.2. The van der Waals surface area contributed by atoms with Crippen LogP contribution in [0.5, 0.6) is 0 Å². The number of nitrogens with zero attached hydrogens (tertiary/aromatic N) is 1. The topological polar surface area (TPSA) is 24.9 Å². The maximum Gasteiger partial charge on any atom is 0.0406 e. The van der Waals surface area contributed by atoms with E-state index in [0.717, 1.165) is 12.5 Å². The first-order valence-corrected chi connectivity index (χ1v) is 6.97. The van der Waals surface area contributed by atoms with Gasteiger partial charge in [0.1, 0.15) is 0 Å². The summed E-state index contributed by atoms with van der Waals surface area (Å²) in [7, 11) is 0. The van der Waals surface area contributed by atoms with Gasteiger partial charge in [0, 0.05) is 30.4 Å². The lowest BCUT2D eigenvalue weighted by Gasteiger charge is -2.39. The van der Waals surface area contributed by atoms with Crippen molar-refractivity contribution < 1.29 is 0 Å². The van der Waals surface area contributed by atoms with Crippen molar-refractivity contribution in [3.8, 4) is 0 Å². The van der Waals surface area contributed by atoms with Crippen LogP contribution in [0.4, 0.5) is 0 Å². The molecule has 1 aliphatic carbocycles. The number of alkyl halides is 1. The number of nitrogens with one attached hydrogen (secondary N) is 1. The van der Waals surface area contributed by atoms with Gasteiger partial charge >= 0.3 is 0 Å². The SMILES string of the molecule is CC1CCC(CCl)(NCc2ccncc2)CC1. The Hall–Kier alpha value is -0.600. The van der Waals surface area contributed by atoms with Gasteiger partial charge in [-0.2, -0.15) is 0 Å². The molecule has 17 heavy (non-hydrogen) atoms. The van der Waals surface area contributed by atoms with E-state index in [0.29, 0.717) is 5.88 Å². The molecule has 0 bridgehead atoms. The second kappa shape index (κ2) is 5.83. The van der Waals surface area contributed by atoms with Crippen LogP contribution in [0.1, 0.15) is 38.2 Å². The Morgan fingerprint density at radius 2 is 2.00 bits per heavy atom. The van der Waals surface area contributed by atoms with E-state index in [2.05, 4.69) is 29.4 Å².